The SMILES string of the molecule is COC(=O)c1ccc(CNC(C)CSC)[nH]1. The van der Waals surface area contributed by atoms with Gasteiger partial charge in [0.05, 0.1) is 7.11 Å². The van der Waals surface area contributed by atoms with Gasteiger partial charge in [0, 0.05) is 24.0 Å². The largest absolute Gasteiger partial charge is 0.464 e. The monoisotopic (exact) mass is 242 g/mol. The van der Waals surface area contributed by atoms with Gasteiger partial charge in [-0.05, 0) is 25.3 Å². The van der Waals surface area contributed by atoms with Crippen molar-refractivity contribution in [1.29, 1.82) is 0 Å². The number of carbonyl (C=O) groups is 1. The zero-order valence-electron chi connectivity index (χ0n) is 9.87. The zero-order chi connectivity index (χ0) is 12.0. The van der Waals surface area contributed by atoms with Gasteiger partial charge in [0.1, 0.15) is 5.69 Å². The Balaban J connectivity index is 2.43. The Morgan fingerprint density at radius 3 is 3.00 bits per heavy atom. The molecule has 0 saturated carbocycles. The summed E-state index contributed by atoms with van der Waals surface area (Å²) >= 11 is 1.81. The standard InChI is InChI=1S/C11H18N2O2S/c1-8(7-16-3)12-6-9-4-5-10(13-9)11(14)15-2/h4-5,8,12-13H,6-7H2,1-3H3. The summed E-state index contributed by atoms with van der Waals surface area (Å²) in [6.45, 7) is 2.87. The predicted octanol–water partition coefficient (Wildman–Crippen LogP) is 1.64. The van der Waals surface area contributed by atoms with E-state index < -0.39 is 0 Å². The van der Waals surface area contributed by atoms with Crippen molar-refractivity contribution in [2.45, 2.75) is 19.5 Å². The van der Waals surface area contributed by atoms with Crippen LogP contribution < -0.4 is 5.32 Å². The molecule has 0 fully saturated rings. The fourth-order valence-electron chi connectivity index (χ4n) is 1.37. The molecule has 5 heteroatoms. The molecule has 0 aliphatic heterocycles. The van der Waals surface area contributed by atoms with Crippen LogP contribution in [0.1, 0.15) is 23.1 Å². The second-order valence-electron chi connectivity index (χ2n) is 3.63. The lowest BCUT2D eigenvalue weighted by molar-refractivity contribution is 0.0594. The minimum Gasteiger partial charge on any atom is -0.464 e. The Kier molecular flexibility index (Phi) is 5.42. The number of aromatic nitrogens is 1. The fourth-order valence-corrected chi connectivity index (χ4v) is 1.98. The first kappa shape index (κ1) is 13.1. The molecule has 4 nitrogen and oxygen atoms in total. The molecule has 2 N–H and O–H groups in total. The van der Waals surface area contributed by atoms with Crippen LogP contribution in [0.3, 0.4) is 0 Å². The molecule has 0 radical (unpaired) electrons. The fraction of sp³-hybridized carbons (Fsp3) is 0.545. The summed E-state index contributed by atoms with van der Waals surface area (Å²) in [5.41, 5.74) is 1.49. The van der Waals surface area contributed by atoms with Crippen molar-refractivity contribution < 1.29 is 9.53 Å². The van der Waals surface area contributed by atoms with Crippen LogP contribution in [0.4, 0.5) is 0 Å². The highest BCUT2D eigenvalue weighted by Gasteiger charge is 2.08. The summed E-state index contributed by atoms with van der Waals surface area (Å²) in [7, 11) is 1.38. The van der Waals surface area contributed by atoms with E-state index in [1.54, 1.807) is 6.07 Å². The second-order valence-corrected chi connectivity index (χ2v) is 4.54. The smallest absolute Gasteiger partial charge is 0.354 e. The Labute approximate surface area is 100 Å². The van der Waals surface area contributed by atoms with Gasteiger partial charge in [0.25, 0.3) is 0 Å². The maximum atomic E-state index is 11.2. The number of methoxy groups -OCH3 is 1. The Bertz CT molecular complexity index is 338. The van der Waals surface area contributed by atoms with E-state index >= 15 is 0 Å². The molecular weight excluding hydrogens is 224 g/mol. The molecule has 0 saturated heterocycles. The molecule has 0 spiro atoms. The molecule has 0 aliphatic carbocycles. The van der Waals surface area contributed by atoms with Crippen molar-refractivity contribution in [2.24, 2.45) is 0 Å². The van der Waals surface area contributed by atoms with E-state index in [1.807, 2.05) is 17.8 Å². The number of aromatic amines is 1. The average Bonchev–Trinajstić information content (AvgIpc) is 2.74. The van der Waals surface area contributed by atoms with E-state index in [1.165, 1.54) is 7.11 Å². The molecule has 0 aliphatic rings. The van der Waals surface area contributed by atoms with Crippen LogP contribution in [0.5, 0.6) is 0 Å². The minimum atomic E-state index is -0.330. The van der Waals surface area contributed by atoms with E-state index in [-0.39, 0.29) is 5.97 Å². The van der Waals surface area contributed by atoms with Crippen LogP contribution in [-0.4, -0.2) is 36.1 Å². The molecule has 1 heterocycles. The van der Waals surface area contributed by atoms with E-state index in [9.17, 15) is 4.79 Å². The third-order valence-corrected chi connectivity index (χ3v) is 3.04. The van der Waals surface area contributed by atoms with E-state index in [0.717, 1.165) is 18.0 Å². The summed E-state index contributed by atoms with van der Waals surface area (Å²) in [6.07, 6.45) is 2.09. The lowest BCUT2D eigenvalue weighted by Gasteiger charge is -2.11. The number of thioether (sulfide) groups is 1. The summed E-state index contributed by atoms with van der Waals surface area (Å²) in [5.74, 6) is 0.744. The van der Waals surface area contributed by atoms with Crippen molar-refractivity contribution in [2.75, 3.05) is 19.1 Å². The van der Waals surface area contributed by atoms with Crippen LogP contribution in [0.15, 0.2) is 12.1 Å². The van der Waals surface area contributed by atoms with Crippen LogP contribution >= 0.6 is 11.8 Å². The van der Waals surface area contributed by atoms with Crippen LogP contribution in [0, 0.1) is 0 Å². The molecule has 0 amide bonds. The lowest BCUT2D eigenvalue weighted by Crippen LogP contribution is -2.27. The van der Waals surface area contributed by atoms with Gasteiger partial charge in [0.15, 0.2) is 0 Å². The summed E-state index contributed by atoms with van der Waals surface area (Å²) in [5, 5.41) is 3.37. The van der Waals surface area contributed by atoms with Gasteiger partial charge in [-0.2, -0.15) is 11.8 Å². The molecule has 0 bridgehead atoms. The lowest BCUT2D eigenvalue weighted by atomic mass is 10.3. The third-order valence-electron chi connectivity index (χ3n) is 2.21. The first-order valence-electron chi connectivity index (χ1n) is 5.16. The van der Waals surface area contributed by atoms with Crippen LogP contribution in [0.25, 0.3) is 0 Å². The van der Waals surface area contributed by atoms with Crippen molar-refractivity contribution in [1.82, 2.24) is 10.3 Å². The molecule has 1 atom stereocenters. The quantitative estimate of drug-likeness (QED) is 0.745. The molecule has 1 aromatic rings. The number of nitrogens with one attached hydrogen (secondary N) is 2. The van der Waals surface area contributed by atoms with Crippen molar-refractivity contribution in [3.63, 3.8) is 0 Å². The zero-order valence-corrected chi connectivity index (χ0v) is 10.7. The van der Waals surface area contributed by atoms with Gasteiger partial charge in [-0.3, -0.25) is 0 Å². The highest BCUT2D eigenvalue weighted by molar-refractivity contribution is 7.98. The summed E-state index contributed by atoms with van der Waals surface area (Å²) < 4.78 is 4.62. The van der Waals surface area contributed by atoms with Crippen molar-refractivity contribution in [3.8, 4) is 0 Å². The number of rotatable bonds is 6. The molecule has 0 aromatic carbocycles. The van der Waals surface area contributed by atoms with Gasteiger partial charge in [-0.25, -0.2) is 4.79 Å². The van der Waals surface area contributed by atoms with E-state index in [4.69, 9.17) is 0 Å². The van der Waals surface area contributed by atoms with Crippen molar-refractivity contribution in [3.05, 3.63) is 23.5 Å². The highest BCUT2D eigenvalue weighted by atomic mass is 32.2. The minimum absolute atomic E-state index is 0.330. The predicted molar refractivity (Wildman–Crippen MR) is 66.8 cm³/mol. The Morgan fingerprint density at radius 1 is 1.62 bits per heavy atom. The Morgan fingerprint density at radius 2 is 2.38 bits per heavy atom. The molecule has 16 heavy (non-hydrogen) atoms. The first-order chi connectivity index (χ1) is 7.67. The Hall–Kier alpha value is -0.940. The second kappa shape index (κ2) is 6.60. The highest BCUT2D eigenvalue weighted by Crippen LogP contribution is 2.04. The first-order valence-corrected chi connectivity index (χ1v) is 6.55. The number of carbonyl (C=O) groups excluding carboxylic acids is 1. The van der Waals surface area contributed by atoms with Gasteiger partial charge in [-0.1, -0.05) is 0 Å². The number of ether oxygens (including phenoxy) is 1. The van der Waals surface area contributed by atoms with E-state index in [2.05, 4.69) is 28.2 Å². The molecule has 1 aromatic heterocycles. The van der Waals surface area contributed by atoms with Gasteiger partial charge < -0.3 is 15.0 Å². The summed E-state index contributed by atoms with van der Waals surface area (Å²) in [4.78, 5) is 14.2. The average molecular weight is 242 g/mol. The number of H-pyrrole nitrogens is 1. The molecule has 90 valence electrons. The maximum Gasteiger partial charge on any atom is 0.354 e. The normalized spacial score (nSPS) is 12.4. The van der Waals surface area contributed by atoms with E-state index in [0.29, 0.717) is 11.7 Å². The van der Waals surface area contributed by atoms with Crippen LogP contribution in [-0.2, 0) is 11.3 Å². The molecule has 1 rings (SSSR count). The number of esters is 1. The van der Waals surface area contributed by atoms with Crippen LogP contribution in [0.2, 0.25) is 0 Å². The van der Waals surface area contributed by atoms with Gasteiger partial charge >= 0.3 is 5.97 Å². The molecule has 1 unspecified atom stereocenters. The van der Waals surface area contributed by atoms with Gasteiger partial charge in [-0.15, -0.1) is 0 Å². The third kappa shape index (κ3) is 3.90. The number of hydrogen-bond donors (Lipinski definition) is 2. The maximum absolute atomic E-state index is 11.2. The summed E-state index contributed by atoms with van der Waals surface area (Å²) in [6, 6.07) is 4.09. The molecular formula is C11H18N2O2S. The van der Waals surface area contributed by atoms with Crippen molar-refractivity contribution >= 4 is 17.7 Å². The topological polar surface area (TPSA) is 54.1 Å². The number of hydrogen-bond acceptors (Lipinski definition) is 4. The van der Waals surface area contributed by atoms with Gasteiger partial charge in [0.2, 0.25) is 0 Å².